The maximum absolute atomic E-state index is 13.2. The lowest BCUT2D eigenvalue weighted by Gasteiger charge is -2.30. The van der Waals surface area contributed by atoms with Crippen molar-refractivity contribution in [1.82, 2.24) is 19.4 Å². The Morgan fingerprint density at radius 2 is 1.85 bits per heavy atom. The molecule has 2 aliphatic carbocycles. The number of imidazole rings is 1. The summed E-state index contributed by atoms with van der Waals surface area (Å²) in [5, 5.41) is 0. The van der Waals surface area contributed by atoms with Crippen molar-refractivity contribution in [2.24, 2.45) is 23.7 Å². The zero-order chi connectivity index (χ0) is 18.1. The Hall–Kier alpha value is -1.36. The predicted molar refractivity (Wildman–Crippen MR) is 103 cm³/mol. The molecule has 0 spiro atoms. The van der Waals surface area contributed by atoms with Gasteiger partial charge in [-0.3, -0.25) is 4.79 Å². The van der Waals surface area contributed by atoms with E-state index in [1.807, 2.05) is 10.8 Å². The summed E-state index contributed by atoms with van der Waals surface area (Å²) in [7, 11) is 0. The number of nitrogens with zero attached hydrogens (tertiary/aromatic N) is 4. The number of rotatable bonds is 7. The predicted octanol–water partition coefficient (Wildman–Crippen LogP) is 3.12. The standard InChI is InChI=1S/C21H34N4O/c1-3-23-11-17-18(12-23)19(17)13-25(10-16-8-6-5-7-9-16)21(26)20-14-24(4-2)15-22-20/h14-19H,3-13H2,1-2H3. The molecule has 1 aromatic rings. The molecule has 2 unspecified atom stereocenters. The summed E-state index contributed by atoms with van der Waals surface area (Å²) in [6.07, 6.45) is 10.3. The zero-order valence-corrected chi connectivity index (χ0v) is 16.4. The third kappa shape index (κ3) is 3.68. The second kappa shape index (κ2) is 7.71. The first-order chi connectivity index (χ1) is 12.7. The monoisotopic (exact) mass is 358 g/mol. The first-order valence-corrected chi connectivity index (χ1v) is 10.7. The van der Waals surface area contributed by atoms with Crippen molar-refractivity contribution in [3.8, 4) is 0 Å². The lowest BCUT2D eigenvalue weighted by atomic mass is 9.89. The van der Waals surface area contributed by atoms with Gasteiger partial charge < -0.3 is 14.4 Å². The second-order valence-corrected chi connectivity index (χ2v) is 8.65. The number of likely N-dealkylation sites (tertiary alicyclic amines) is 1. The van der Waals surface area contributed by atoms with Crippen LogP contribution in [0.1, 0.15) is 56.4 Å². The number of aromatic nitrogens is 2. The first-order valence-electron chi connectivity index (χ1n) is 10.7. The third-order valence-corrected chi connectivity index (χ3v) is 7.03. The van der Waals surface area contributed by atoms with Gasteiger partial charge in [-0.2, -0.15) is 0 Å². The van der Waals surface area contributed by atoms with E-state index in [1.54, 1.807) is 6.33 Å². The van der Waals surface area contributed by atoms with E-state index in [0.717, 1.165) is 37.4 Å². The number of fused-ring (bicyclic) bond motifs is 1. The molecule has 1 aromatic heterocycles. The normalized spacial score (nSPS) is 28.9. The fraction of sp³-hybridized carbons (Fsp3) is 0.810. The highest BCUT2D eigenvalue weighted by Crippen LogP contribution is 2.52. The van der Waals surface area contributed by atoms with E-state index in [-0.39, 0.29) is 5.91 Å². The molecule has 5 heteroatoms. The quantitative estimate of drug-likeness (QED) is 0.752. The minimum absolute atomic E-state index is 0.153. The average molecular weight is 359 g/mol. The summed E-state index contributed by atoms with van der Waals surface area (Å²) >= 11 is 0. The SMILES string of the molecule is CCN1CC2C(C1)C2CN(CC1CCCCC1)C(=O)c1cn(CC)cn1. The van der Waals surface area contributed by atoms with Crippen molar-refractivity contribution < 1.29 is 4.79 Å². The van der Waals surface area contributed by atoms with E-state index in [2.05, 4.69) is 28.6 Å². The summed E-state index contributed by atoms with van der Waals surface area (Å²) in [6, 6.07) is 0. The van der Waals surface area contributed by atoms with Crippen LogP contribution in [0.25, 0.3) is 0 Å². The van der Waals surface area contributed by atoms with Crippen molar-refractivity contribution in [2.75, 3.05) is 32.7 Å². The number of aryl methyl sites for hydroxylation is 1. The number of carbonyl (C=O) groups is 1. The molecule has 2 atom stereocenters. The summed E-state index contributed by atoms with van der Waals surface area (Å²) in [5.74, 6) is 3.21. The first kappa shape index (κ1) is 18.0. The van der Waals surface area contributed by atoms with E-state index in [4.69, 9.17) is 0 Å². The summed E-state index contributed by atoms with van der Waals surface area (Å²) in [5.41, 5.74) is 0.628. The molecule has 0 radical (unpaired) electrons. The van der Waals surface area contributed by atoms with Crippen LogP contribution in [-0.2, 0) is 6.54 Å². The van der Waals surface area contributed by atoms with Crippen LogP contribution in [0.3, 0.4) is 0 Å². The molecule has 3 fully saturated rings. The summed E-state index contributed by atoms with van der Waals surface area (Å²) in [6.45, 7) is 10.7. The maximum atomic E-state index is 13.2. The van der Waals surface area contributed by atoms with E-state index in [9.17, 15) is 4.79 Å². The molecule has 2 heterocycles. The molecular weight excluding hydrogens is 324 g/mol. The molecule has 144 valence electrons. The van der Waals surface area contributed by atoms with Gasteiger partial charge >= 0.3 is 0 Å². The molecule has 3 aliphatic rings. The van der Waals surface area contributed by atoms with Gasteiger partial charge in [-0.15, -0.1) is 0 Å². The zero-order valence-electron chi connectivity index (χ0n) is 16.4. The van der Waals surface area contributed by atoms with Gasteiger partial charge in [0.2, 0.25) is 0 Å². The Morgan fingerprint density at radius 1 is 1.12 bits per heavy atom. The van der Waals surface area contributed by atoms with Crippen molar-refractivity contribution >= 4 is 5.91 Å². The van der Waals surface area contributed by atoms with Crippen LogP contribution in [0, 0.1) is 23.7 Å². The Bertz CT molecular complexity index is 609. The van der Waals surface area contributed by atoms with Crippen LogP contribution in [0.15, 0.2) is 12.5 Å². The fourth-order valence-corrected chi connectivity index (χ4v) is 5.25. The number of carbonyl (C=O) groups excluding carboxylic acids is 1. The van der Waals surface area contributed by atoms with Gasteiger partial charge in [0.15, 0.2) is 0 Å². The van der Waals surface area contributed by atoms with Crippen LogP contribution >= 0.6 is 0 Å². The fourth-order valence-electron chi connectivity index (χ4n) is 5.25. The van der Waals surface area contributed by atoms with Crippen LogP contribution in [-0.4, -0.2) is 58.0 Å². The molecule has 0 aromatic carbocycles. The third-order valence-electron chi connectivity index (χ3n) is 7.03. The van der Waals surface area contributed by atoms with Crippen LogP contribution in [0.4, 0.5) is 0 Å². The highest BCUT2D eigenvalue weighted by Gasteiger charge is 2.55. The van der Waals surface area contributed by atoms with Crippen molar-refractivity contribution in [1.29, 1.82) is 0 Å². The van der Waals surface area contributed by atoms with E-state index < -0.39 is 0 Å². The van der Waals surface area contributed by atoms with Gasteiger partial charge in [0, 0.05) is 38.9 Å². The Kier molecular flexibility index (Phi) is 5.35. The molecule has 1 aliphatic heterocycles. The molecule has 1 saturated heterocycles. The molecule has 1 amide bonds. The minimum atomic E-state index is 0.153. The van der Waals surface area contributed by atoms with Gasteiger partial charge in [0.25, 0.3) is 5.91 Å². The Labute approximate surface area is 157 Å². The highest BCUT2D eigenvalue weighted by atomic mass is 16.2. The van der Waals surface area contributed by atoms with Crippen molar-refractivity contribution in [2.45, 2.75) is 52.5 Å². The van der Waals surface area contributed by atoms with Gasteiger partial charge in [-0.05, 0) is 50.0 Å². The molecule has 2 saturated carbocycles. The molecular formula is C21H34N4O. The van der Waals surface area contributed by atoms with Gasteiger partial charge in [0.05, 0.1) is 6.33 Å². The average Bonchev–Trinajstić information content (AvgIpc) is 3.08. The smallest absolute Gasteiger partial charge is 0.274 e. The molecule has 0 bridgehead atoms. The Morgan fingerprint density at radius 3 is 2.46 bits per heavy atom. The van der Waals surface area contributed by atoms with Gasteiger partial charge in [-0.1, -0.05) is 26.2 Å². The van der Waals surface area contributed by atoms with Crippen LogP contribution in [0.5, 0.6) is 0 Å². The molecule has 0 N–H and O–H groups in total. The number of hydrogen-bond donors (Lipinski definition) is 0. The van der Waals surface area contributed by atoms with Gasteiger partial charge in [-0.25, -0.2) is 4.98 Å². The molecule has 26 heavy (non-hydrogen) atoms. The lowest BCUT2D eigenvalue weighted by molar-refractivity contribution is 0.0688. The number of piperidine rings is 1. The summed E-state index contributed by atoms with van der Waals surface area (Å²) in [4.78, 5) is 22.3. The topological polar surface area (TPSA) is 41.4 Å². The minimum Gasteiger partial charge on any atom is -0.337 e. The second-order valence-electron chi connectivity index (χ2n) is 8.65. The number of amides is 1. The largest absolute Gasteiger partial charge is 0.337 e. The van der Waals surface area contributed by atoms with E-state index in [0.29, 0.717) is 11.6 Å². The highest BCUT2D eigenvalue weighted by molar-refractivity contribution is 5.92. The van der Waals surface area contributed by atoms with Crippen LogP contribution < -0.4 is 0 Å². The lowest BCUT2D eigenvalue weighted by Crippen LogP contribution is -2.39. The molecule has 4 rings (SSSR count). The van der Waals surface area contributed by atoms with Crippen molar-refractivity contribution in [3.63, 3.8) is 0 Å². The Balaban J connectivity index is 1.42. The maximum Gasteiger partial charge on any atom is 0.274 e. The van der Waals surface area contributed by atoms with Crippen molar-refractivity contribution in [3.05, 3.63) is 18.2 Å². The van der Waals surface area contributed by atoms with E-state index >= 15 is 0 Å². The number of hydrogen-bond acceptors (Lipinski definition) is 3. The molecule has 5 nitrogen and oxygen atoms in total. The summed E-state index contributed by atoms with van der Waals surface area (Å²) < 4.78 is 2.00. The van der Waals surface area contributed by atoms with Gasteiger partial charge in [0.1, 0.15) is 5.69 Å². The van der Waals surface area contributed by atoms with E-state index in [1.165, 1.54) is 51.7 Å². The van der Waals surface area contributed by atoms with Crippen LogP contribution in [0.2, 0.25) is 0 Å².